The lowest BCUT2D eigenvalue weighted by Gasteiger charge is -2.23. The zero-order valence-electron chi connectivity index (χ0n) is 11.3. The molecule has 1 heterocycles. The smallest absolute Gasteiger partial charge is 0.0440 e. The van der Waals surface area contributed by atoms with E-state index in [4.69, 9.17) is 0 Å². The zero-order chi connectivity index (χ0) is 12.1. The standard InChI is InChI=1S/C14H25NS/c1-6-8-10(3)14(15-7-2)13-9-11(4)12(5)16-13/h9-10,14-15H,6-8H2,1-5H3. The van der Waals surface area contributed by atoms with Crippen LogP contribution in [0.5, 0.6) is 0 Å². The van der Waals surface area contributed by atoms with Gasteiger partial charge < -0.3 is 5.32 Å². The molecule has 0 fully saturated rings. The Hall–Kier alpha value is -0.340. The fourth-order valence-corrected chi connectivity index (χ4v) is 3.43. The van der Waals surface area contributed by atoms with Gasteiger partial charge in [0.05, 0.1) is 0 Å². The molecule has 92 valence electrons. The van der Waals surface area contributed by atoms with E-state index in [0.29, 0.717) is 6.04 Å². The Bertz CT molecular complexity index is 297. The Kier molecular flexibility index (Phi) is 5.50. The summed E-state index contributed by atoms with van der Waals surface area (Å²) in [6.45, 7) is 12.3. The quantitative estimate of drug-likeness (QED) is 0.773. The molecule has 1 nitrogen and oxygen atoms in total. The first-order chi connectivity index (χ1) is 7.60. The molecule has 0 aliphatic carbocycles. The predicted molar refractivity (Wildman–Crippen MR) is 74.3 cm³/mol. The summed E-state index contributed by atoms with van der Waals surface area (Å²) in [5, 5.41) is 3.63. The van der Waals surface area contributed by atoms with E-state index in [2.05, 4.69) is 46.0 Å². The molecule has 0 amide bonds. The maximum Gasteiger partial charge on any atom is 0.0440 e. The molecule has 0 saturated carbocycles. The Morgan fingerprint density at radius 2 is 2.00 bits per heavy atom. The van der Waals surface area contributed by atoms with Crippen molar-refractivity contribution in [2.24, 2.45) is 5.92 Å². The van der Waals surface area contributed by atoms with Gasteiger partial charge in [-0.2, -0.15) is 0 Å². The van der Waals surface area contributed by atoms with Crippen molar-refractivity contribution >= 4 is 11.3 Å². The first kappa shape index (κ1) is 13.7. The minimum atomic E-state index is 0.544. The van der Waals surface area contributed by atoms with Crippen LogP contribution in [0.3, 0.4) is 0 Å². The van der Waals surface area contributed by atoms with Crippen molar-refractivity contribution in [2.75, 3.05) is 6.54 Å². The van der Waals surface area contributed by atoms with Gasteiger partial charge in [0.15, 0.2) is 0 Å². The lowest BCUT2D eigenvalue weighted by Crippen LogP contribution is -2.26. The normalized spacial score (nSPS) is 15.1. The second kappa shape index (κ2) is 6.41. The second-order valence-electron chi connectivity index (χ2n) is 4.69. The van der Waals surface area contributed by atoms with Gasteiger partial charge in [0.25, 0.3) is 0 Å². The van der Waals surface area contributed by atoms with Gasteiger partial charge in [-0.1, -0.05) is 27.2 Å². The van der Waals surface area contributed by atoms with Crippen molar-refractivity contribution in [3.8, 4) is 0 Å². The van der Waals surface area contributed by atoms with Crippen LogP contribution in [0, 0.1) is 19.8 Å². The van der Waals surface area contributed by atoms with Crippen LogP contribution in [0.4, 0.5) is 0 Å². The minimum absolute atomic E-state index is 0.544. The van der Waals surface area contributed by atoms with Gasteiger partial charge in [-0.3, -0.25) is 0 Å². The molecule has 0 saturated heterocycles. The summed E-state index contributed by atoms with van der Waals surface area (Å²) in [5.41, 5.74) is 1.44. The van der Waals surface area contributed by atoms with Crippen LogP contribution in [0.1, 0.15) is 55.0 Å². The van der Waals surface area contributed by atoms with Crippen molar-refractivity contribution in [2.45, 2.75) is 53.5 Å². The van der Waals surface area contributed by atoms with Crippen molar-refractivity contribution < 1.29 is 0 Å². The van der Waals surface area contributed by atoms with E-state index in [-0.39, 0.29) is 0 Å². The number of hydrogen-bond acceptors (Lipinski definition) is 2. The molecular weight excluding hydrogens is 214 g/mol. The lowest BCUT2D eigenvalue weighted by molar-refractivity contribution is 0.374. The van der Waals surface area contributed by atoms with Gasteiger partial charge in [0.1, 0.15) is 0 Å². The third-order valence-corrected chi connectivity index (χ3v) is 4.46. The third kappa shape index (κ3) is 3.33. The Balaban J connectivity index is 2.83. The average Bonchev–Trinajstić information content (AvgIpc) is 2.55. The summed E-state index contributed by atoms with van der Waals surface area (Å²) >= 11 is 1.95. The number of thiophene rings is 1. The van der Waals surface area contributed by atoms with Crippen molar-refractivity contribution in [1.82, 2.24) is 5.32 Å². The molecule has 0 bridgehead atoms. The highest BCUT2D eigenvalue weighted by Crippen LogP contribution is 2.32. The Morgan fingerprint density at radius 3 is 2.44 bits per heavy atom. The van der Waals surface area contributed by atoms with Gasteiger partial charge in [-0.05, 0) is 44.4 Å². The average molecular weight is 239 g/mol. The third-order valence-electron chi connectivity index (χ3n) is 3.23. The van der Waals surface area contributed by atoms with Crippen LogP contribution >= 0.6 is 11.3 Å². The van der Waals surface area contributed by atoms with Gasteiger partial charge in [0, 0.05) is 15.8 Å². The molecule has 1 aromatic rings. The zero-order valence-corrected chi connectivity index (χ0v) is 12.1. The minimum Gasteiger partial charge on any atom is -0.309 e. The molecule has 2 heteroatoms. The van der Waals surface area contributed by atoms with Gasteiger partial charge in [-0.25, -0.2) is 0 Å². The molecular formula is C14H25NS. The molecule has 16 heavy (non-hydrogen) atoms. The van der Waals surface area contributed by atoms with E-state index in [1.807, 2.05) is 11.3 Å². The molecule has 1 N–H and O–H groups in total. The molecule has 0 aliphatic rings. The van der Waals surface area contributed by atoms with E-state index in [1.165, 1.54) is 28.2 Å². The van der Waals surface area contributed by atoms with Crippen LogP contribution in [0.25, 0.3) is 0 Å². The summed E-state index contributed by atoms with van der Waals surface area (Å²) in [5.74, 6) is 0.724. The Labute approximate surface area is 104 Å². The molecule has 0 aromatic carbocycles. The molecule has 2 atom stereocenters. The van der Waals surface area contributed by atoms with Gasteiger partial charge in [0.2, 0.25) is 0 Å². The fraction of sp³-hybridized carbons (Fsp3) is 0.714. The van der Waals surface area contributed by atoms with E-state index in [9.17, 15) is 0 Å². The highest BCUT2D eigenvalue weighted by atomic mass is 32.1. The van der Waals surface area contributed by atoms with Gasteiger partial charge in [-0.15, -0.1) is 11.3 Å². The van der Waals surface area contributed by atoms with E-state index in [1.54, 1.807) is 0 Å². The highest BCUT2D eigenvalue weighted by Gasteiger charge is 2.19. The predicted octanol–water partition coefficient (Wildman–Crippen LogP) is 4.45. The van der Waals surface area contributed by atoms with E-state index >= 15 is 0 Å². The fourth-order valence-electron chi connectivity index (χ4n) is 2.18. The summed E-state index contributed by atoms with van der Waals surface area (Å²) in [7, 11) is 0. The van der Waals surface area contributed by atoms with E-state index in [0.717, 1.165) is 12.5 Å². The molecule has 0 spiro atoms. The summed E-state index contributed by atoms with van der Waals surface area (Å²) in [6, 6.07) is 2.90. The van der Waals surface area contributed by atoms with Crippen molar-refractivity contribution in [3.05, 3.63) is 21.4 Å². The SMILES string of the molecule is CCCC(C)C(NCC)c1cc(C)c(C)s1. The van der Waals surface area contributed by atoms with Crippen LogP contribution in [-0.2, 0) is 0 Å². The van der Waals surface area contributed by atoms with Crippen molar-refractivity contribution in [1.29, 1.82) is 0 Å². The summed E-state index contributed by atoms with van der Waals surface area (Å²) in [4.78, 5) is 2.97. The largest absolute Gasteiger partial charge is 0.309 e. The number of hydrogen-bond donors (Lipinski definition) is 1. The highest BCUT2D eigenvalue weighted by molar-refractivity contribution is 7.12. The lowest BCUT2D eigenvalue weighted by atomic mass is 9.95. The van der Waals surface area contributed by atoms with Gasteiger partial charge >= 0.3 is 0 Å². The van der Waals surface area contributed by atoms with Crippen LogP contribution in [-0.4, -0.2) is 6.54 Å². The topological polar surface area (TPSA) is 12.0 Å². The van der Waals surface area contributed by atoms with Crippen molar-refractivity contribution in [3.63, 3.8) is 0 Å². The van der Waals surface area contributed by atoms with Crippen LogP contribution < -0.4 is 5.32 Å². The molecule has 1 rings (SSSR count). The first-order valence-corrected chi connectivity index (χ1v) is 7.22. The maximum absolute atomic E-state index is 3.63. The summed E-state index contributed by atoms with van der Waals surface area (Å²) in [6.07, 6.45) is 2.57. The van der Waals surface area contributed by atoms with Crippen LogP contribution in [0.15, 0.2) is 6.07 Å². The Morgan fingerprint density at radius 1 is 1.31 bits per heavy atom. The molecule has 2 unspecified atom stereocenters. The first-order valence-electron chi connectivity index (χ1n) is 6.40. The molecule has 0 radical (unpaired) electrons. The monoisotopic (exact) mass is 239 g/mol. The van der Waals surface area contributed by atoms with E-state index < -0.39 is 0 Å². The summed E-state index contributed by atoms with van der Waals surface area (Å²) < 4.78 is 0. The van der Waals surface area contributed by atoms with Crippen LogP contribution in [0.2, 0.25) is 0 Å². The molecule has 0 aliphatic heterocycles. The number of rotatable bonds is 6. The maximum atomic E-state index is 3.63. The molecule has 1 aromatic heterocycles. The second-order valence-corrected chi connectivity index (χ2v) is 5.98. The number of aryl methyl sites for hydroxylation is 2. The number of nitrogens with one attached hydrogen (secondary N) is 1.